The molecule has 5 nitrogen and oxygen atoms in total. The van der Waals surface area contributed by atoms with Gasteiger partial charge >= 0.3 is 0 Å². The smallest absolute Gasteiger partial charge is 0.266 e. The molecule has 0 aliphatic heterocycles. The van der Waals surface area contributed by atoms with Crippen LogP contribution in [0.4, 0.5) is 0 Å². The Morgan fingerprint density at radius 2 is 1.74 bits per heavy atom. The Bertz CT molecular complexity index is 1050. The molecule has 0 saturated heterocycles. The van der Waals surface area contributed by atoms with E-state index in [2.05, 4.69) is 9.97 Å². The topological polar surface area (TPSA) is 52.7 Å². The minimum atomic E-state index is -0.0950. The van der Waals surface area contributed by atoms with Gasteiger partial charge in [-0.05, 0) is 18.2 Å². The predicted octanol–water partition coefficient (Wildman–Crippen LogP) is 2.79. The molecule has 23 heavy (non-hydrogen) atoms. The van der Waals surface area contributed by atoms with Crippen LogP contribution >= 0.6 is 0 Å². The highest BCUT2D eigenvalue weighted by molar-refractivity contribution is 5.92. The van der Waals surface area contributed by atoms with Crippen LogP contribution in [0.15, 0.2) is 72.2 Å². The molecule has 0 N–H and O–H groups in total. The second-order valence-electron chi connectivity index (χ2n) is 5.38. The van der Waals surface area contributed by atoms with Crippen molar-refractivity contribution in [1.29, 1.82) is 0 Å². The van der Waals surface area contributed by atoms with Gasteiger partial charge in [0.25, 0.3) is 5.56 Å². The number of para-hydroxylation sites is 1. The first kappa shape index (κ1) is 13.5. The van der Waals surface area contributed by atoms with Crippen LogP contribution in [0.3, 0.4) is 0 Å². The van der Waals surface area contributed by atoms with E-state index in [0.717, 1.165) is 16.9 Å². The van der Waals surface area contributed by atoms with Gasteiger partial charge in [-0.3, -0.25) is 9.36 Å². The summed E-state index contributed by atoms with van der Waals surface area (Å²) in [6.45, 7) is 0. The Morgan fingerprint density at radius 3 is 2.48 bits per heavy atom. The summed E-state index contributed by atoms with van der Waals surface area (Å²) in [5.41, 5.74) is 2.93. The van der Waals surface area contributed by atoms with Crippen LogP contribution in [-0.4, -0.2) is 19.1 Å². The summed E-state index contributed by atoms with van der Waals surface area (Å²) in [6, 6.07) is 15.1. The van der Waals surface area contributed by atoms with Gasteiger partial charge in [-0.1, -0.05) is 30.3 Å². The Morgan fingerprint density at radius 1 is 0.913 bits per heavy atom. The first-order chi connectivity index (χ1) is 11.2. The quantitative estimate of drug-likeness (QED) is 0.572. The molecule has 4 aromatic rings. The molecule has 0 aliphatic rings. The van der Waals surface area contributed by atoms with Crippen molar-refractivity contribution < 1.29 is 0 Å². The first-order valence-corrected chi connectivity index (χ1v) is 7.28. The Hall–Kier alpha value is -3.21. The van der Waals surface area contributed by atoms with E-state index < -0.39 is 0 Å². The number of nitrogens with zero attached hydrogens (tertiary/aromatic N) is 4. The van der Waals surface area contributed by atoms with Gasteiger partial charge in [-0.25, -0.2) is 9.97 Å². The molecule has 2 aromatic carbocycles. The lowest BCUT2D eigenvalue weighted by atomic mass is 10.1. The van der Waals surface area contributed by atoms with Gasteiger partial charge in [-0.2, -0.15) is 0 Å². The van der Waals surface area contributed by atoms with Crippen molar-refractivity contribution >= 4 is 10.9 Å². The van der Waals surface area contributed by atoms with E-state index in [0.29, 0.717) is 10.9 Å². The zero-order chi connectivity index (χ0) is 15.8. The highest BCUT2D eigenvalue weighted by Crippen LogP contribution is 2.24. The van der Waals surface area contributed by atoms with E-state index in [1.165, 1.54) is 0 Å². The van der Waals surface area contributed by atoms with Crippen LogP contribution < -0.4 is 5.56 Å². The standard InChI is InChI=1S/C18H14N4O/c1-21-10-16(19-11-21)14-8-5-9-15-17(14)18(23)22(12-20-15)13-6-3-2-4-7-13/h2-12H,1H3. The highest BCUT2D eigenvalue weighted by Gasteiger charge is 2.12. The molecule has 0 fully saturated rings. The van der Waals surface area contributed by atoms with Crippen LogP contribution in [-0.2, 0) is 7.05 Å². The molecule has 0 aliphatic carbocycles. The average molecular weight is 302 g/mol. The number of imidazole rings is 1. The molecule has 0 atom stereocenters. The van der Waals surface area contributed by atoms with Gasteiger partial charge in [0.2, 0.25) is 0 Å². The summed E-state index contributed by atoms with van der Waals surface area (Å²) >= 11 is 0. The van der Waals surface area contributed by atoms with Gasteiger partial charge in [0.15, 0.2) is 0 Å². The van der Waals surface area contributed by atoms with Crippen molar-refractivity contribution in [2.24, 2.45) is 7.05 Å². The summed E-state index contributed by atoms with van der Waals surface area (Å²) < 4.78 is 3.43. The number of aryl methyl sites for hydroxylation is 1. The minimum absolute atomic E-state index is 0.0950. The molecule has 112 valence electrons. The molecular weight excluding hydrogens is 288 g/mol. The van der Waals surface area contributed by atoms with Crippen LogP contribution in [0.1, 0.15) is 0 Å². The molecule has 0 radical (unpaired) electrons. The van der Waals surface area contributed by atoms with E-state index in [1.54, 1.807) is 17.2 Å². The van der Waals surface area contributed by atoms with Gasteiger partial charge in [0.05, 0.1) is 28.6 Å². The summed E-state index contributed by atoms with van der Waals surface area (Å²) in [7, 11) is 1.90. The van der Waals surface area contributed by atoms with Gasteiger partial charge in [-0.15, -0.1) is 0 Å². The maximum absolute atomic E-state index is 13.0. The summed E-state index contributed by atoms with van der Waals surface area (Å²) in [4.78, 5) is 21.8. The molecule has 0 amide bonds. The molecule has 5 heteroatoms. The number of hydrogen-bond acceptors (Lipinski definition) is 3. The Balaban J connectivity index is 2.05. The zero-order valence-electron chi connectivity index (χ0n) is 12.5. The largest absolute Gasteiger partial charge is 0.340 e. The molecule has 0 unspecified atom stereocenters. The SMILES string of the molecule is Cn1cnc(-c2cccc3ncn(-c4ccccc4)c(=O)c23)c1. The van der Waals surface area contributed by atoms with E-state index >= 15 is 0 Å². The van der Waals surface area contributed by atoms with E-state index in [1.807, 2.05) is 66.3 Å². The fourth-order valence-corrected chi connectivity index (χ4v) is 2.70. The first-order valence-electron chi connectivity index (χ1n) is 7.28. The minimum Gasteiger partial charge on any atom is -0.340 e. The van der Waals surface area contributed by atoms with Crippen molar-refractivity contribution in [2.75, 3.05) is 0 Å². The molecule has 0 saturated carbocycles. The molecule has 0 spiro atoms. The van der Waals surface area contributed by atoms with Gasteiger partial charge < -0.3 is 4.57 Å². The lowest BCUT2D eigenvalue weighted by molar-refractivity contribution is 0.913. The summed E-state index contributed by atoms with van der Waals surface area (Å²) in [5, 5.41) is 0.581. The second-order valence-corrected chi connectivity index (χ2v) is 5.38. The maximum atomic E-state index is 13.0. The lowest BCUT2D eigenvalue weighted by Crippen LogP contribution is -2.19. The molecule has 2 heterocycles. The third kappa shape index (κ3) is 2.23. The average Bonchev–Trinajstić information content (AvgIpc) is 3.02. The fourth-order valence-electron chi connectivity index (χ4n) is 2.70. The molecule has 4 rings (SSSR count). The number of aromatic nitrogens is 4. The van der Waals surface area contributed by atoms with Crippen LogP contribution in [0.25, 0.3) is 27.8 Å². The Kier molecular flexibility index (Phi) is 3.05. The van der Waals surface area contributed by atoms with E-state index in [4.69, 9.17) is 0 Å². The molecule has 0 bridgehead atoms. The second kappa shape index (κ2) is 5.21. The summed E-state index contributed by atoms with van der Waals surface area (Å²) in [5.74, 6) is 0. The number of hydrogen-bond donors (Lipinski definition) is 0. The van der Waals surface area contributed by atoms with Crippen molar-refractivity contribution in [2.45, 2.75) is 0 Å². The Labute approximate surface area is 132 Å². The zero-order valence-corrected chi connectivity index (χ0v) is 12.5. The number of benzene rings is 2. The number of fused-ring (bicyclic) bond motifs is 1. The number of rotatable bonds is 2. The van der Waals surface area contributed by atoms with E-state index in [-0.39, 0.29) is 5.56 Å². The summed E-state index contributed by atoms with van der Waals surface area (Å²) in [6.07, 6.45) is 5.19. The lowest BCUT2D eigenvalue weighted by Gasteiger charge is -2.08. The maximum Gasteiger partial charge on any atom is 0.266 e. The van der Waals surface area contributed by atoms with Crippen LogP contribution in [0.5, 0.6) is 0 Å². The van der Waals surface area contributed by atoms with E-state index in [9.17, 15) is 4.79 Å². The van der Waals surface area contributed by atoms with Gasteiger partial charge in [0, 0.05) is 18.8 Å². The third-order valence-electron chi connectivity index (χ3n) is 3.80. The fraction of sp³-hybridized carbons (Fsp3) is 0.0556. The highest BCUT2D eigenvalue weighted by atomic mass is 16.1. The van der Waals surface area contributed by atoms with Gasteiger partial charge in [0.1, 0.15) is 6.33 Å². The van der Waals surface area contributed by atoms with Crippen molar-refractivity contribution in [3.8, 4) is 16.9 Å². The van der Waals surface area contributed by atoms with Crippen LogP contribution in [0, 0.1) is 0 Å². The normalized spacial score (nSPS) is 11.0. The van der Waals surface area contributed by atoms with Crippen molar-refractivity contribution in [1.82, 2.24) is 19.1 Å². The van der Waals surface area contributed by atoms with Crippen molar-refractivity contribution in [3.63, 3.8) is 0 Å². The molecular formula is C18H14N4O. The monoisotopic (exact) mass is 302 g/mol. The molecule has 2 aromatic heterocycles. The van der Waals surface area contributed by atoms with Crippen LogP contribution in [0.2, 0.25) is 0 Å². The predicted molar refractivity (Wildman–Crippen MR) is 89.5 cm³/mol. The van der Waals surface area contributed by atoms with Crippen molar-refractivity contribution in [3.05, 3.63) is 77.7 Å². The third-order valence-corrected chi connectivity index (χ3v) is 3.80.